The number of aliphatic hydroxyl groups is 1. The van der Waals surface area contributed by atoms with Crippen molar-refractivity contribution in [3.05, 3.63) is 35.9 Å². The lowest BCUT2D eigenvalue weighted by atomic mass is 9.59. The molecule has 1 saturated heterocycles. The van der Waals surface area contributed by atoms with Crippen LogP contribution in [0, 0.1) is 5.92 Å². The maximum absolute atomic E-state index is 12.2. The molecule has 0 spiro atoms. The van der Waals surface area contributed by atoms with E-state index in [1.165, 1.54) is 5.56 Å². The fourth-order valence-corrected chi connectivity index (χ4v) is 3.27. The fourth-order valence-electron chi connectivity index (χ4n) is 3.27. The Kier molecular flexibility index (Phi) is 3.52. The topological polar surface area (TPSA) is 58.6 Å². The summed E-state index contributed by atoms with van der Waals surface area (Å²) in [6.45, 7) is 2.94. The second kappa shape index (κ2) is 5.19. The molecule has 2 N–H and O–H groups in total. The number of amides is 1. The molecule has 1 aromatic rings. The van der Waals surface area contributed by atoms with Crippen LogP contribution in [0.2, 0.25) is 0 Å². The first kappa shape index (κ1) is 13.6. The smallest absolute Gasteiger partial charge is 0.223 e. The van der Waals surface area contributed by atoms with E-state index in [2.05, 4.69) is 24.4 Å². The summed E-state index contributed by atoms with van der Waals surface area (Å²) in [5, 5.41) is 12.6. The first-order valence-electron chi connectivity index (χ1n) is 7.20. The molecule has 1 heterocycles. The van der Waals surface area contributed by atoms with Crippen LogP contribution in [0.15, 0.2) is 30.3 Å². The van der Waals surface area contributed by atoms with Gasteiger partial charge in [-0.3, -0.25) is 4.79 Å². The lowest BCUT2D eigenvalue weighted by Gasteiger charge is -2.45. The monoisotopic (exact) mass is 275 g/mol. The molecule has 1 aromatic carbocycles. The predicted octanol–water partition coefficient (Wildman–Crippen LogP) is 1.23. The normalized spacial score (nSPS) is 36.4. The third kappa shape index (κ3) is 2.45. The Morgan fingerprint density at radius 2 is 2.00 bits per heavy atom. The van der Waals surface area contributed by atoms with Gasteiger partial charge in [0, 0.05) is 5.92 Å². The summed E-state index contributed by atoms with van der Waals surface area (Å²) in [6.07, 6.45) is 1.17. The van der Waals surface area contributed by atoms with Crippen LogP contribution >= 0.6 is 0 Å². The SMILES string of the molecule is CC1(c2ccccc2)CC(C(=O)N[C@@H]2COC[C@H]2O)C1. The third-order valence-electron chi connectivity index (χ3n) is 4.61. The molecule has 1 aliphatic heterocycles. The molecule has 1 amide bonds. The molecule has 2 atom stereocenters. The van der Waals surface area contributed by atoms with Crippen LogP contribution in [0.4, 0.5) is 0 Å². The quantitative estimate of drug-likeness (QED) is 0.872. The van der Waals surface area contributed by atoms with Crippen molar-refractivity contribution in [1.82, 2.24) is 5.32 Å². The van der Waals surface area contributed by atoms with Gasteiger partial charge in [0.1, 0.15) is 0 Å². The molecule has 3 rings (SSSR count). The summed E-state index contributed by atoms with van der Waals surface area (Å²) < 4.78 is 5.15. The van der Waals surface area contributed by atoms with Gasteiger partial charge < -0.3 is 15.2 Å². The van der Waals surface area contributed by atoms with Crippen molar-refractivity contribution in [3.63, 3.8) is 0 Å². The second-order valence-corrected chi connectivity index (χ2v) is 6.25. The standard InChI is InChI=1S/C16H21NO3/c1-16(12-5-3-2-4-6-12)7-11(8-16)15(19)17-13-9-20-10-14(13)18/h2-6,11,13-14,18H,7-10H2,1H3,(H,17,19)/t11?,13-,14-,16?/m1/s1. The molecule has 108 valence electrons. The van der Waals surface area contributed by atoms with Gasteiger partial charge in [-0.15, -0.1) is 0 Å². The average molecular weight is 275 g/mol. The van der Waals surface area contributed by atoms with Gasteiger partial charge in [-0.25, -0.2) is 0 Å². The highest BCUT2D eigenvalue weighted by molar-refractivity contribution is 5.80. The van der Waals surface area contributed by atoms with Crippen LogP contribution < -0.4 is 5.32 Å². The minimum Gasteiger partial charge on any atom is -0.388 e. The Morgan fingerprint density at radius 1 is 1.30 bits per heavy atom. The van der Waals surface area contributed by atoms with Crippen molar-refractivity contribution in [1.29, 1.82) is 0 Å². The number of carbonyl (C=O) groups excluding carboxylic acids is 1. The Labute approximate surface area is 119 Å². The summed E-state index contributed by atoms with van der Waals surface area (Å²) in [5.74, 6) is 0.0981. The van der Waals surface area contributed by atoms with Gasteiger partial charge in [0.25, 0.3) is 0 Å². The van der Waals surface area contributed by atoms with Crippen molar-refractivity contribution in [3.8, 4) is 0 Å². The van der Waals surface area contributed by atoms with Gasteiger partial charge in [0.05, 0.1) is 25.4 Å². The van der Waals surface area contributed by atoms with Crippen molar-refractivity contribution >= 4 is 5.91 Å². The van der Waals surface area contributed by atoms with E-state index in [9.17, 15) is 9.90 Å². The van der Waals surface area contributed by atoms with Gasteiger partial charge >= 0.3 is 0 Å². The van der Waals surface area contributed by atoms with Gasteiger partial charge in [-0.2, -0.15) is 0 Å². The molecule has 0 unspecified atom stereocenters. The fraction of sp³-hybridized carbons (Fsp3) is 0.562. The van der Waals surface area contributed by atoms with Crippen LogP contribution in [0.25, 0.3) is 0 Å². The molecule has 20 heavy (non-hydrogen) atoms. The molecule has 0 radical (unpaired) electrons. The van der Waals surface area contributed by atoms with E-state index < -0.39 is 6.10 Å². The lowest BCUT2D eigenvalue weighted by Crippen LogP contribution is -2.51. The van der Waals surface area contributed by atoms with Gasteiger partial charge in [0.2, 0.25) is 5.91 Å². The van der Waals surface area contributed by atoms with E-state index in [0.717, 1.165) is 12.8 Å². The van der Waals surface area contributed by atoms with E-state index >= 15 is 0 Å². The van der Waals surface area contributed by atoms with E-state index in [0.29, 0.717) is 13.2 Å². The van der Waals surface area contributed by atoms with Crippen LogP contribution in [-0.4, -0.2) is 36.4 Å². The number of rotatable bonds is 3. The number of benzene rings is 1. The second-order valence-electron chi connectivity index (χ2n) is 6.25. The Morgan fingerprint density at radius 3 is 2.60 bits per heavy atom. The summed E-state index contributed by atoms with van der Waals surface area (Å²) >= 11 is 0. The zero-order valence-electron chi connectivity index (χ0n) is 11.7. The molecule has 2 aliphatic rings. The minimum atomic E-state index is -0.570. The average Bonchev–Trinajstić information content (AvgIpc) is 2.81. The van der Waals surface area contributed by atoms with E-state index in [1.54, 1.807) is 0 Å². The highest BCUT2D eigenvalue weighted by atomic mass is 16.5. The number of aliphatic hydroxyl groups excluding tert-OH is 1. The van der Waals surface area contributed by atoms with Crippen molar-refractivity contribution in [2.24, 2.45) is 5.92 Å². The molecule has 0 aromatic heterocycles. The van der Waals surface area contributed by atoms with Gasteiger partial charge in [-0.1, -0.05) is 37.3 Å². The van der Waals surface area contributed by atoms with Crippen molar-refractivity contribution in [2.45, 2.75) is 37.3 Å². The van der Waals surface area contributed by atoms with Crippen LogP contribution in [-0.2, 0) is 14.9 Å². The van der Waals surface area contributed by atoms with Crippen LogP contribution in [0.1, 0.15) is 25.3 Å². The molecule has 1 saturated carbocycles. The Hall–Kier alpha value is -1.39. The largest absolute Gasteiger partial charge is 0.388 e. The summed E-state index contributed by atoms with van der Waals surface area (Å²) in [5.41, 5.74) is 1.40. The number of hydrogen-bond acceptors (Lipinski definition) is 3. The maximum atomic E-state index is 12.2. The minimum absolute atomic E-state index is 0.0490. The molecular formula is C16H21NO3. The van der Waals surface area contributed by atoms with Gasteiger partial charge in [-0.05, 0) is 23.8 Å². The zero-order valence-corrected chi connectivity index (χ0v) is 11.7. The number of hydrogen-bond donors (Lipinski definition) is 2. The maximum Gasteiger partial charge on any atom is 0.223 e. The van der Waals surface area contributed by atoms with Crippen LogP contribution in [0.3, 0.4) is 0 Å². The zero-order chi connectivity index (χ0) is 14.2. The lowest BCUT2D eigenvalue weighted by molar-refractivity contribution is -0.131. The highest BCUT2D eigenvalue weighted by Gasteiger charge is 2.45. The van der Waals surface area contributed by atoms with E-state index in [1.807, 2.05) is 18.2 Å². The summed E-state index contributed by atoms with van der Waals surface area (Å²) in [7, 11) is 0. The van der Waals surface area contributed by atoms with Crippen molar-refractivity contribution < 1.29 is 14.6 Å². The van der Waals surface area contributed by atoms with Crippen molar-refractivity contribution in [2.75, 3.05) is 13.2 Å². The number of carbonyl (C=O) groups is 1. The summed E-state index contributed by atoms with van der Waals surface area (Å²) in [6, 6.07) is 10.1. The van der Waals surface area contributed by atoms with E-state index in [4.69, 9.17) is 4.74 Å². The molecule has 4 nitrogen and oxygen atoms in total. The first-order chi connectivity index (χ1) is 9.58. The van der Waals surface area contributed by atoms with Gasteiger partial charge in [0.15, 0.2) is 0 Å². The Balaban J connectivity index is 1.56. The number of nitrogens with one attached hydrogen (secondary N) is 1. The molecule has 0 bridgehead atoms. The molecule has 2 fully saturated rings. The molecular weight excluding hydrogens is 254 g/mol. The summed E-state index contributed by atoms with van der Waals surface area (Å²) in [4.78, 5) is 12.2. The third-order valence-corrected chi connectivity index (χ3v) is 4.61. The highest BCUT2D eigenvalue weighted by Crippen LogP contribution is 2.47. The molecule has 4 heteroatoms. The Bertz CT molecular complexity index is 482. The van der Waals surface area contributed by atoms with Crippen LogP contribution in [0.5, 0.6) is 0 Å². The first-order valence-corrected chi connectivity index (χ1v) is 7.20. The van der Waals surface area contributed by atoms with E-state index in [-0.39, 0.29) is 23.3 Å². The number of ether oxygens (including phenoxy) is 1. The molecule has 1 aliphatic carbocycles. The predicted molar refractivity (Wildman–Crippen MR) is 75.3 cm³/mol.